The van der Waals surface area contributed by atoms with Crippen LogP contribution < -0.4 is 11.2 Å². The Morgan fingerprint density at radius 3 is 2.69 bits per heavy atom. The molecule has 1 fully saturated rings. The fourth-order valence-corrected chi connectivity index (χ4v) is 3.83. The van der Waals surface area contributed by atoms with Crippen LogP contribution in [0.5, 0.6) is 0 Å². The zero-order valence-electron chi connectivity index (χ0n) is 16.5. The van der Waals surface area contributed by atoms with E-state index in [1.807, 2.05) is 0 Å². The van der Waals surface area contributed by atoms with E-state index in [0.29, 0.717) is 37.3 Å². The van der Waals surface area contributed by atoms with E-state index >= 15 is 0 Å². The summed E-state index contributed by atoms with van der Waals surface area (Å²) in [5.74, 6) is -0.265. The largest absolute Gasteiger partial charge is 0.371 e. The van der Waals surface area contributed by atoms with Crippen molar-refractivity contribution in [2.75, 3.05) is 26.2 Å². The van der Waals surface area contributed by atoms with Crippen LogP contribution in [0.15, 0.2) is 40.2 Å². The molecule has 1 aliphatic heterocycles. The van der Waals surface area contributed by atoms with Gasteiger partial charge in [0.05, 0.1) is 19.0 Å². The number of aryl methyl sites for hydroxylation is 2. The smallest absolute Gasteiger partial charge is 0.332 e. The van der Waals surface area contributed by atoms with Gasteiger partial charge in [0, 0.05) is 40.3 Å². The van der Waals surface area contributed by atoms with Crippen LogP contribution in [-0.2, 0) is 25.4 Å². The monoisotopic (exact) mass is 401 g/mol. The first-order valence-electron chi connectivity index (χ1n) is 9.66. The van der Waals surface area contributed by atoms with E-state index in [2.05, 4.69) is 9.88 Å². The number of fused-ring (bicyclic) bond motifs is 1. The fourth-order valence-electron chi connectivity index (χ4n) is 3.83. The molecule has 3 heterocycles. The lowest BCUT2D eigenvalue weighted by molar-refractivity contribution is -0.0305. The Bertz CT molecular complexity index is 1130. The number of hydrogen-bond acceptors (Lipinski definition) is 5. The summed E-state index contributed by atoms with van der Waals surface area (Å²) in [7, 11) is 3.37. The molecule has 0 aliphatic carbocycles. The van der Waals surface area contributed by atoms with Gasteiger partial charge in [-0.05, 0) is 24.1 Å². The Balaban J connectivity index is 1.44. The fraction of sp³-hybridized carbons (Fsp3) is 0.450. The van der Waals surface area contributed by atoms with Gasteiger partial charge >= 0.3 is 5.69 Å². The molecule has 8 nitrogen and oxygen atoms in total. The van der Waals surface area contributed by atoms with Crippen LogP contribution in [0.2, 0.25) is 0 Å². The summed E-state index contributed by atoms with van der Waals surface area (Å²) in [5, 5.41) is 0. The third-order valence-electron chi connectivity index (χ3n) is 5.45. The van der Waals surface area contributed by atoms with Crippen molar-refractivity contribution in [2.45, 2.75) is 19.1 Å². The SMILES string of the molecule is Cn1cnc2c1c(=O)n(CCCN1CCOC(c3ccc(F)cc3)C1)c(=O)n2C. The first kappa shape index (κ1) is 19.5. The second-order valence-corrected chi connectivity index (χ2v) is 7.39. The van der Waals surface area contributed by atoms with Crippen molar-refractivity contribution >= 4 is 11.2 Å². The molecule has 1 atom stereocenters. The molecule has 0 radical (unpaired) electrons. The van der Waals surface area contributed by atoms with Gasteiger partial charge in [-0.2, -0.15) is 0 Å². The van der Waals surface area contributed by atoms with E-state index in [-0.39, 0.29) is 23.2 Å². The molecule has 29 heavy (non-hydrogen) atoms. The Morgan fingerprint density at radius 2 is 1.93 bits per heavy atom. The second-order valence-electron chi connectivity index (χ2n) is 7.39. The molecule has 0 bridgehead atoms. The molecule has 1 aliphatic rings. The maximum atomic E-state index is 13.1. The van der Waals surface area contributed by atoms with Gasteiger partial charge in [-0.1, -0.05) is 12.1 Å². The number of ether oxygens (including phenoxy) is 1. The molecular weight excluding hydrogens is 377 g/mol. The molecule has 1 aromatic carbocycles. The average Bonchev–Trinajstić information content (AvgIpc) is 3.11. The van der Waals surface area contributed by atoms with Crippen molar-refractivity contribution in [2.24, 2.45) is 14.1 Å². The highest BCUT2D eigenvalue weighted by Gasteiger charge is 2.22. The van der Waals surface area contributed by atoms with E-state index in [9.17, 15) is 14.0 Å². The minimum absolute atomic E-state index is 0.106. The molecule has 1 saturated heterocycles. The highest BCUT2D eigenvalue weighted by atomic mass is 19.1. The highest BCUT2D eigenvalue weighted by Crippen LogP contribution is 2.22. The Morgan fingerprint density at radius 1 is 1.17 bits per heavy atom. The summed E-state index contributed by atoms with van der Waals surface area (Å²) in [4.78, 5) is 31.7. The van der Waals surface area contributed by atoms with Crippen molar-refractivity contribution in [3.63, 3.8) is 0 Å². The Kier molecular flexibility index (Phi) is 5.33. The first-order valence-corrected chi connectivity index (χ1v) is 9.66. The van der Waals surface area contributed by atoms with Gasteiger partial charge in [-0.25, -0.2) is 14.2 Å². The van der Waals surface area contributed by atoms with Gasteiger partial charge in [0.15, 0.2) is 11.2 Å². The van der Waals surface area contributed by atoms with Gasteiger partial charge in [0.25, 0.3) is 5.56 Å². The first-order chi connectivity index (χ1) is 14.0. The number of nitrogens with zero attached hydrogens (tertiary/aromatic N) is 5. The van der Waals surface area contributed by atoms with Crippen LogP contribution in [-0.4, -0.2) is 49.8 Å². The summed E-state index contributed by atoms with van der Waals surface area (Å²) in [6.07, 6.45) is 2.10. The number of aromatic nitrogens is 4. The lowest BCUT2D eigenvalue weighted by Crippen LogP contribution is -2.42. The molecule has 0 amide bonds. The van der Waals surface area contributed by atoms with Crippen molar-refractivity contribution in [3.8, 4) is 0 Å². The molecule has 0 N–H and O–H groups in total. The van der Waals surface area contributed by atoms with Crippen LogP contribution in [0, 0.1) is 5.82 Å². The average molecular weight is 401 g/mol. The number of halogens is 1. The van der Waals surface area contributed by atoms with Crippen molar-refractivity contribution in [1.29, 1.82) is 0 Å². The molecule has 0 spiro atoms. The Hall–Kier alpha value is -2.78. The molecule has 2 aromatic heterocycles. The van der Waals surface area contributed by atoms with Gasteiger partial charge in [0.2, 0.25) is 0 Å². The predicted octanol–water partition coefficient (Wildman–Crippen LogP) is 1.04. The molecule has 4 rings (SSSR count). The normalized spacial score (nSPS) is 17.8. The molecule has 0 saturated carbocycles. The zero-order valence-corrected chi connectivity index (χ0v) is 16.5. The van der Waals surface area contributed by atoms with E-state index in [4.69, 9.17) is 4.74 Å². The maximum Gasteiger partial charge on any atom is 0.332 e. The van der Waals surface area contributed by atoms with E-state index in [1.54, 1.807) is 37.1 Å². The number of imidazole rings is 1. The standard InChI is InChI=1S/C20H24FN5O3/c1-23-13-22-18-17(23)19(27)26(20(28)24(18)2)9-3-8-25-10-11-29-16(12-25)14-4-6-15(21)7-5-14/h4-7,13,16H,3,8-12H2,1-2H3. The minimum atomic E-state index is -0.354. The third-order valence-corrected chi connectivity index (χ3v) is 5.45. The Labute approximate surface area is 166 Å². The molecule has 3 aromatic rings. The van der Waals surface area contributed by atoms with Crippen molar-refractivity contribution < 1.29 is 9.13 Å². The third kappa shape index (κ3) is 3.75. The topological polar surface area (TPSA) is 74.3 Å². The summed E-state index contributed by atoms with van der Waals surface area (Å²) >= 11 is 0. The number of benzene rings is 1. The second kappa shape index (κ2) is 7.92. The van der Waals surface area contributed by atoms with Crippen LogP contribution in [0.3, 0.4) is 0 Å². The van der Waals surface area contributed by atoms with Crippen LogP contribution in [0.25, 0.3) is 11.2 Å². The summed E-state index contributed by atoms with van der Waals surface area (Å²) < 4.78 is 23.3. The van der Waals surface area contributed by atoms with Gasteiger partial charge in [0.1, 0.15) is 5.82 Å². The number of rotatable bonds is 5. The van der Waals surface area contributed by atoms with Crippen LogP contribution >= 0.6 is 0 Å². The van der Waals surface area contributed by atoms with E-state index in [0.717, 1.165) is 18.7 Å². The van der Waals surface area contributed by atoms with Crippen molar-refractivity contribution in [3.05, 3.63) is 62.8 Å². The van der Waals surface area contributed by atoms with Gasteiger partial charge in [-0.3, -0.25) is 18.8 Å². The maximum absolute atomic E-state index is 13.1. The zero-order chi connectivity index (χ0) is 20.5. The summed E-state index contributed by atoms with van der Waals surface area (Å²) in [6.45, 7) is 3.14. The van der Waals surface area contributed by atoms with E-state index < -0.39 is 0 Å². The molecule has 1 unspecified atom stereocenters. The molecule has 9 heteroatoms. The number of hydrogen-bond donors (Lipinski definition) is 0. The predicted molar refractivity (Wildman–Crippen MR) is 106 cm³/mol. The highest BCUT2D eigenvalue weighted by molar-refractivity contribution is 5.69. The van der Waals surface area contributed by atoms with Crippen LogP contribution in [0.1, 0.15) is 18.1 Å². The lowest BCUT2D eigenvalue weighted by atomic mass is 10.1. The van der Waals surface area contributed by atoms with Crippen LogP contribution in [0.4, 0.5) is 4.39 Å². The molecule has 154 valence electrons. The summed E-state index contributed by atoms with van der Waals surface area (Å²) in [5.41, 5.74) is 1.10. The number of morpholine rings is 1. The lowest BCUT2D eigenvalue weighted by Gasteiger charge is -2.33. The van der Waals surface area contributed by atoms with Crippen molar-refractivity contribution in [1.82, 2.24) is 23.6 Å². The van der Waals surface area contributed by atoms with Gasteiger partial charge in [-0.15, -0.1) is 0 Å². The quantitative estimate of drug-likeness (QED) is 0.639. The molecular formula is C20H24FN5O3. The van der Waals surface area contributed by atoms with Gasteiger partial charge < -0.3 is 9.30 Å². The summed E-state index contributed by atoms with van der Waals surface area (Å²) in [6, 6.07) is 6.37. The van der Waals surface area contributed by atoms with E-state index in [1.165, 1.54) is 21.3 Å². The minimum Gasteiger partial charge on any atom is -0.371 e.